The minimum absolute atomic E-state index is 0.290. The molecule has 0 saturated carbocycles. The lowest BCUT2D eigenvalue weighted by molar-refractivity contribution is -0.145. The zero-order valence-electron chi connectivity index (χ0n) is 17.8. The van der Waals surface area contributed by atoms with Gasteiger partial charge in [0.05, 0.1) is 32.3 Å². The Bertz CT molecular complexity index is 765. The molecule has 1 atom stereocenters. The first kappa shape index (κ1) is 24.4. The Hall–Kier alpha value is -1.85. The first-order chi connectivity index (χ1) is 14.6. The molecule has 0 aromatic heterocycles. The van der Waals surface area contributed by atoms with E-state index in [2.05, 4.69) is 0 Å². The lowest BCUT2D eigenvalue weighted by Gasteiger charge is -2.15. The molecule has 1 unspecified atom stereocenters. The van der Waals surface area contributed by atoms with Crippen LogP contribution in [0.15, 0.2) is 48.5 Å². The highest BCUT2D eigenvalue weighted by atomic mass is 31.2. The van der Waals surface area contributed by atoms with Gasteiger partial charge in [0.15, 0.2) is 0 Å². The van der Waals surface area contributed by atoms with E-state index < -0.39 is 14.5 Å². The fourth-order valence-corrected chi connectivity index (χ4v) is 3.68. The van der Waals surface area contributed by atoms with E-state index in [1.54, 1.807) is 19.1 Å². The van der Waals surface area contributed by atoms with Gasteiger partial charge in [0, 0.05) is 5.56 Å². The summed E-state index contributed by atoms with van der Waals surface area (Å²) in [6.45, 7) is 7.34. The van der Waals surface area contributed by atoms with Crippen molar-refractivity contribution in [2.24, 2.45) is 0 Å². The van der Waals surface area contributed by atoms with Crippen LogP contribution >= 0.6 is 8.60 Å². The maximum absolute atomic E-state index is 14.5. The number of carbonyl (C=O) groups is 1. The molecule has 0 aliphatic heterocycles. The molecule has 0 bridgehead atoms. The molecule has 30 heavy (non-hydrogen) atoms. The predicted molar refractivity (Wildman–Crippen MR) is 117 cm³/mol. The summed E-state index contributed by atoms with van der Waals surface area (Å²) < 4.78 is 36.1. The smallest absolute Gasteiger partial charge is 0.332 e. The summed E-state index contributed by atoms with van der Waals surface area (Å²) in [6, 6.07) is 14.2. The predicted octanol–water partition coefficient (Wildman–Crippen LogP) is 6.24. The molecule has 0 aliphatic carbocycles. The first-order valence-electron chi connectivity index (χ1n) is 10.3. The van der Waals surface area contributed by atoms with Crippen LogP contribution < -0.4 is 0 Å². The van der Waals surface area contributed by atoms with Gasteiger partial charge in [-0.1, -0.05) is 42.5 Å². The van der Waals surface area contributed by atoms with Crippen molar-refractivity contribution in [2.75, 3.05) is 26.4 Å². The summed E-state index contributed by atoms with van der Waals surface area (Å²) in [5.74, 6) is -1.26. The normalized spacial score (nSPS) is 12.2. The summed E-state index contributed by atoms with van der Waals surface area (Å²) in [7, 11) is -1.30. The summed E-state index contributed by atoms with van der Waals surface area (Å²) in [4.78, 5) is 12.3. The third-order valence-corrected chi connectivity index (χ3v) is 5.71. The van der Waals surface area contributed by atoms with Crippen LogP contribution in [0.1, 0.15) is 45.1 Å². The van der Waals surface area contributed by atoms with Crippen molar-refractivity contribution in [1.29, 1.82) is 0 Å². The van der Waals surface area contributed by atoms with Gasteiger partial charge in [-0.25, -0.2) is 4.39 Å². The van der Waals surface area contributed by atoms with Crippen molar-refractivity contribution in [1.82, 2.24) is 0 Å². The van der Waals surface area contributed by atoms with Crippen molar-refractivity contribution >= 4 is 14.6 Å². The molecule has 0 fully saturated rings. The van der Waals surface area contributed by atoms with E-state index in [-0.39, 0.29) is 18.4 Å². The number of hydrogen-bond donors (Lipinski definition) is 0. The molecular formula is C23H30FO5P. The van der Waals surface area contributed by atoms with Crippen LogP contribution in [0.3, 0.4) is 0 Å². The summed E-state index contributed by atoms with van der Waals surface area (Å²) in [5, 5.41) is 0. The Morgan fingerprint density at radius 2 is 1.63 bits per heavy atom. The molecule has 0 amide bonds. The average molecular weight is 436 g/mol. The lowest BCUT2D eigenvalue weighted by atomic mass is 9.97. The quantitative estimate of drug-likeness (QED) is 0.211. The van der Waals surface area contributed by atoms with Crippen molar-refractivity contribution in [3.05, 3.63) is 59.9 Å². The Labute approximate surface area is 179 Å². The molecule has 7 heteroatoms. The first-order valence-corrected chi connectivity index (χ1v) is 11.4. The minimum atomic E-state index is -1.30. The number of benzene rings is 2. The number of rotatable bonds is 13. The van der Waals surface area contributed by atoms with Gasteiger partial charge in [-0.2, -0.15) is 0 Å². The number of halogens is 1. The van der Waals surface area contributed by atoms with Crippen LogP contribution in [0.5, 0.6) is 0 Å². The van der Waals surface area contributed by atoms with E-state index in [4.69, 9.17) is 18.3 Å². The van der Waals surface area contributed by atoms with Crippen LogP contribution in [0.2, 0.25) is 0 Å². The van der Waals surface area contributed by atoms with Crippen molar-refractivity contribution in [2.45, 2.75) is 39.5 Å². The van der Waals surface area contributed by atoms with E-state index >= 15 is 0 Å². The van der Waals surface area contributed by atoms with Crippen molar-refractivity contribution in [3.8, 4) is 11.1 Å². The van der Waals surface area contributed by atoms with E-state index in [9.17, 15) is 9.18 Å². The van der Waals surface area contributed by atoms with Crippen LogP contribution in [0, 0.1) is 5.82 Å². The second-order valence-corrected chi connectivity index (χ2v) is 7.82. The average Bonchev–Trinajstić information content (AvgIpc) is 2.76. The van der Waals surface area contributed by atoms with Crippen molar-refractivity contribution < 1.29 is 27.5 Å². The van der Waals surface area contributed by atoms with Gasteiger partial charge in [-0.3, -0.25) is 4.79 Å². The molecule has 164 valence electrons. The van der Waals surface area contributed by atoms with E-state index in [0.717, 1.165) is 12.0 Å². The molecule has 5 nitrogen and oxygen atoms in total. The number of unbranched alkanes of at least 4 members (excludes halogenated alkanes) is 1. The number of ether oxygens (including phenoxy) is 1. The van der Waals surface area contributed by atoms with E-state index in [1.165, 1.54) is 6.07 Å². The van der Waals surface area contributed by atoms with Crippen LogP contribution in [0.25, 0.3) is 11.1 Å². The molecule has 2 aromatic rings. The minimum Gasteiger partial charge on any atom is -0.465 e. The third-order valence-electron chi connectivity index (χ3n) is 4.38. The zero-order chi connectivity index (χ0) is 21.8. The highest BCUT2D eigenvalue weighted by Crippen LogP contribution is 2.39. The topological polar surface area (TPSA) is 54.0 Å². The summed E-state index contributed by atoms with van der Waals surface area (Å²) in [5.41, 5.74) is 1.91. The monoisotopic (exact) mass is 436 g/mol. The van der Waals surface area contributed by atoms with Crippen LogP contribution in [-0.2, 0) is 23.1 Å². The van der Waals surface area contributed by atoms with E-state index in [1.807, 2.05) is 44.2 Å². The zero-order valence-corrected chi connectivity index (χ0v) is 18.7. The van der Waals surface area contributed by atoms with Crippen molar-refractivity contribution in [3.63, 3.8) is 0 Å². The molecule has 0 radical (unpaired) electrons. The fraction of sp³-hybridized carbons (Fsp3) is 0.435. The Morgan fingerprint density at radius 3 is 2.27 bits per heavy atom. The standard InChI is InChI=1S/C23H30FO5P/c1-4-27-30(28-5-2)29-16-10-9-15-26-23(25)18(3)20-13-14-21(22(24)17-20)19-11-7-6-8-12-19/h6-8,11-14,17-18H,4-5,9-10,15-16H2,1-3H3. The molecule has 0 N–H and O–H groups in total. The Balaban J connectivity index is 1.76. The number of hydrogen-bond acceptors (Lipinski definition) is 5. The van der Waals surface area contributed by atoms with Gasteiger partial charge in [0.2, 0.25) is 0 Å². The maximum Gasteiger partial charge on any atom is 0.332 e. The fourth-order valence-electron chi connectivity index (χ4n) is 2.75. The maximum atomic E-state index is 14.5. The van der Waals surface area contributed by atoms with Crippen LogP contribution in [0.4, 0.5) is 4.39 Å². The molecular weight excluding hydrogens is 406 g/mol. The summed E-state index contributed by atoms with van der Waals surface area (Å²) in [6.07, 6.45) is 1.39. The van der Waals surface area contributed by atoms with Crippen LogP contribution in [-0.4, -0.2) is 32.4 Å². The molecule has 0 spiro atoms. The highest BCUT2D eigenvalue weighted by Gasteiger charge is 2.18. The van der Waals surface area contributed by atoms with Gasteiger partial charge >= 0.3 is 14.6 Å². The Morgan fingerprint density at radius 1 is 0.967 bits per heavy atom. The number of esters is 1. The highest BCUT2D eigenvalue weighted by molar-refractivity contribution is 7.41. The van der Waals surface area contributed by atoms with Gasteiger partial charge in [-0.15, -0.1) is 0 Å². The van der Waals surface area contributed by atoms with Gasteiger partial charge in [0.1, 0.15) is 5.82 Å². The SMILES string of the molecule is CCOP(OCC)OCCCCOC(=O)C(C)c1ccc(-c2ccccc2)c(F)c1. The Kier molecular flexibility index (Phi) is 11.0. The second kappa shape index (κ2) is 13.5. The second-order valence-electron chi connectivity index (χ2n) is 6.59. The molecule has 0 aliphatic rings. The molecule has 0 heterocycles. The lowest BCUT2D eigenvalue weighted by Crippen LogP contribution is -2.14. The van der Waals surface area contributed by atoms with Gasteiger partial charge in [0.25, 0.3) is 0 Å². The summed E-state index contributed by atoms with van der Waals surface area (Å²) >= 11 is 0. The van der Waals surface area contributed by atoms with E-state index in [0.29, 0.717) is 37.4 Å². The third kappa shape index (κ3) is 7.77. The molecule has 0 saturated heterocycles. The van der Waals surface area contributed by atoms with Gasteiger partial charge < -0.3 is 18.3 Å². The largest absolute Gasteiger partial charge is 0.465 e. The number of carbonyl (C=O) groups excluding carboxylic acids is 1. The van der Waals surface area contributed by atoms with Gasteiger partial charge in [-0.05, 0) is 50.8 Å². The molecule has 2 rings (SSSR count). The molecule has 2 aromatic carbocycles.